The van der Waals surface area contributed by atoms with E-state index >= 15 is 0 Å². The summed E-state index contributed by atoms with van der Waals surface area (Å²) in [7, 11) is 0. The Kier molecular flexibility index (Phi) is 3.47. The number of nitrogens with zero attached hydrogens (tertiary/aromatic N) is 1. The molecule has 1 aliphatic heterocycles. The van der Waals surface area contributed by atoms with Gasteiger partial charge in [-0.2, -0.15) is 0 Å². The minimum absolute atomic E-state index is 0.117. The molecule has 1 aromatic rings. The molecule has 112 valence electrons. The van der Waals surface area contributed by atoms with Crippen molar-refractivity contribution in [1.82, 2.24) is 4.90 Å². The lowest BCUT2D eigenvalue weighted by molar-refractivity contribution is -0.147. The molecule has 2 aliphatic rings. The van der Waals surface area contributed by atoms with Gasteiger partial charge in [-0.3, -0.25) is 9.59 Å². The Morgan fingerprint density at radius 2 is 1.86 bits per heavy atom. The maximum atomic E-state index is 12.9. The molecule has 0 radical (unpaired) electrons. The molecule has 1 heterocycles. The SMILES string of the molecule is CC1CC(C(=O)O)CN(C(=O)C2(c3ccccc3)CC2)C1. The number of piperidine rings is 1. The van der Waals surface area contributed by atoms with Crippen molar-refractivity contribution in [3.8, 4) is 0 Å². The summed E-state index contributed by atoms with van der Waals surface area (Å²) in [6.45, 7) is 3.06. The minimum atomic E-state index is -0.788. The maximum Gasteiger partial charge on any atom is 0.308 e. The first-order valence-corrected chi connectivity index (χ1v) is 7.60. The van der Waals surface area contributed by atoms with E-state index in [9.17, 15) is 14.7 Å². The second kappa shape index (κ2) is 5.17. The van der Waals surface area contributed by atoms with Crippen LogP contribution in [0.4, 0.5) is 0 Å². The summed E-state index contributed by atoms with van der Waals surface area (Å²) in [6, 6.07) is 9.89. The maximum absolute atomic E-state index is 12.9. The predicted molar refractivity (Wildman–Crippen MR) is 78.8 cm³/mol. The van der Waals surface area contributed by atoms with Gasteiger partial charge < -0.3 is 10.0 Å². The zero-order valence-corrected chi connectivity index (χ0v) is 12.3. The number of carbonyl (C=O) groups is 2. The van der Waals surface area contributed by atoms with Crippen LogP contribution in [0.1, 0.15) is 31.7 Å². The summed E-state index contributed by atoms with van der Waals surface area (Å²) < 4.78 is 0. The van der Waals surface area contributed by atoms with E-state index in [4.69, 9.17) is 0 Å². The minimum Gasteiger partial charge on any atom is -0.481 e. The van der Waals surface area contributed by atoms with Crippen molar-refractivity contribution in [2.75, 3.05) is 13.1 Å². The van der Waals surface area contributed by atoms with E-state index in [-0.39, 0.29) is 17.2 Å². The zero-order valence-electron chi connectivity index (χ0n) is 12.3. The first-order valence-electron chi connectivity index (χ1n) is 7.60. The lowest BCUT2D eigenvalue weighted by atomic mass is 9.87. The molecular formula is C17H21NO3. The number of rotatable bonds is 3. The van der Waals surface area contributed by atoms with E-state index in [0.29, 0.717) is 19.5 Å². The molecule has 21 heavy (non-hydrogen) atoms. The Morgan fingerprint density at radius 3 is 2.43 bits per heavy atom. The Balaban J connectivity index is 1.80. The smallest absolute Gasteiger partial charge is 0.308 e. The number of hydrogen-bond donors (Lipinski definition) is 1. The van der Waals surface area contributed by atoms with Gasteiger partial charge in [0.05, 0.1) is 11.3 Å². The van der Waals surface area contributed by atoms with Crippen molar-refractivity contribution in [3.63, 3.8) is 0 Å². The highest BCUT2D eigenvalue weighted by atomic mass is 16.4. The van der Waals surface area contributed by atoms with Crippen LogP contribution in [0.15, 0.2) is 30.3 Å². The van der Waals surface area contributed by atoms with Gasteiger partial charge >= 0.3 is 5.97 Å². The number of benzene rings is 1. The van der Waals surface area contributed by atoms with Crippen LogP contribution in [0.5, 0.6) is 0 Å². The molecule has 1 N–H and O–H groups in total. The molecule has 1 saturated carbocycles. The topological polar surface area (TPSA) is 57.6 Å². The molecule has 3 rings (SSSR count). The molecule has 0 aromatic heterocycles. The Morgan fingerprint density at radius 1 is 1.19 bits per heavy atom. The largest absolute Gasteiger partial charge is 0.481 e. The molecule has 1 aromatic carbocycles. The third-order valence-corrected chi connectivity index (χ3v) is 4.78. The van der Waals surface area contributed by atoms with Gasteiger partial charge in [-0.25, -0.2) is 0 Å². The Hall–Kier alpha value is -1.84. The highest BCUT2D eigenvalue weighted by Gasteiger charge is 2.53. The van der Waals surface area contributed by atoms with Gasteiger partial charge in [-0.05, 0) is 30.7 Å². The van der Waals surface area contributed by atoms with Gasteiger partial charge in [-0.1, -0.05) is 37.3 Å². The standard InChI is InChI=1S/C17H21NO3/c1-12-9-13(15(19)20)11-18(10-12)16(21)17(7-8-17)14-5-3-2-4-6-14/h2-6,12-13H,7-11H2,1H3,(H,19,20). The third kappa shape index (κ3) is 2.55. The van der Waals surface area contributed by atoms with Crippen LogP contribution >= 0.6 is 0 Å². The van der Waals surface area contributed by atoms with Crippen molar-refractivity contribution in [1.29, 1.82) is 0 Å². The molecular weight excluding hydrogens is 266 g/mol. The molecule has 2 atom stereocenters. The fourth-order valence-corrected chi connectivity index (χ4v) is 3.51. The fraction of sp³-hybridized carbons (Fsp3) is 0.529. The lowest BCUT2D eigenvalue weighted by Crippen LogP contribution is -2.49. The van der Waals surface area contributed by atoms with Crippen molar-refractivity contribution in [2.24, 2.45) is 11.8 Å². The molecule has 1 aliphatic carbocycles. The number of carboxylic acid groups (broad SMARTS) is 1. The highest BCUT2D eigenvalue weighted by Crippen LogP contribution is 2.50. The van der Waals surface area contributed by atoms with E-state index in [1.54, 1.807) is 4.90 Å². The monoisotopic (exact) mass is 287 g/mol. The Bertz CT molecular complexity index is 550. The molecule has 4 nitrogen and oxygen atoms in total. The van der Waals surface area contributed by atoms with Crippen molar-refractivity contribution in [3.05, 3.63) is 35.9 Å². The summed E-state index contributed by atoms with van der Waals surface area (Å²) in [5, 5.41) is 9.25. The van der Waals surface area contributed by atoms with Crippen LogP contribution in [0.25, 0.3) is 0 Å². The summed E-state index contributed by atoms with van der Waals surface area (Å²) in [5.41, 5.74) is 0.682. The first kappa shape index (κ1) is 14.1. The lowest BCUT2D eigenvalue weighted by Gasteiger charge is -2.37. The quantitative estimate of drug-likeness (QED) is 0.928. The summed E-state index contributed by atoms with van der Waals surface area (Å²) in [6.07, 6.45) is 2.41. The second-order valence-electron chi connectivity index (χ2n) is 6.53. The molecule has 2 unspecified atom stereocenters. The third-order valence-electron chi connectivity index (χ3n) is 4.78. The number of likely N-dealkylation sites (tertiary alicyclic amines) is 1. The Labute approximate surface area is 124 Å². The van der Waals surface area contributed by atoms with Crippen LogP contribution in [-0.2, 0) is 15.0 Å². The summed E-state index contributed by atoms with van der Waals surface area (Å²) in [4.78, 5) is 26.0. The van der Waals surface area contributed by atoms with Crippen LogP contribution < -0.4 is 0 Å². The van der Waals surface area contributed by atoms with Crippen molar-refractivity contribution in [2.45, 2.75) is 31.6 Å². The summed E-state index contributed by atoms with van der Waals surface area (Å²) >= 11 is 0. The molecule has 0 spiro atoms. The second-order valence-corrected chi connectivity index (χ2v) is 6.53. The normalized spacial score (nSPS) is 27.2. The predicted octanol–water partition coefficient (Wildman–Crippen LogP) is 2.29. The molecule has 1 saturated heterocycles. The van der Waals surface area contributed by atoms with Gasteiger partial charge in [0.25, 0.3) is 0 Å². The molecule has 1 amide bonds. The molecule has 4 heteroatoms. The number of hydrogen-bond acceptors (Lipinski definition) is 2. The molecule has 2 fully saturated rings. The van der Waals surface area contributed by atoms with Crippen LogP contribution in [-0.4, -0.2) is 35.0 Å². The van der Waals surface area contributed by atoms with E-state index in [1.165, 1.54) is 0 Å². The number of carbonyl (C=O) groups excluding carboxylic acids is 1. The van der Waals surface area contributed by atoms with Crippen molar-refractivity contribution >= 4 is 11.9 Å². The fourth-order valence-electron chi connectivity index (χ4n) is 3.51. The first-order chi connectivity index (χ1) is 10.0. The number of carboxylic acids is 1. The average Bonchev–Trinajstić information content (AvgIpc) is 3.28. The average molecular weight is 287 g/mol. The van der Waals surface area contributed by atoms with Gasteiger partial charge in [-0.15, -0.1) is 0 Å². The van der Waals surface area contributed by atoms with Crippen molar-refractivity contribution < 1.29 is 14.7 Å². The van der Waals surface area contributed by atoms with E-state index in [2.05, 4.69) is 0 Å². The van der Waals surface area contributed by atoms with E-state index in [0.717, 1.165) is 18.4 Å². The number of aliphatic carboxylic acids is 1. The zero-order chi connectivity index (χ0) is 15.0. The van der Waals surface area contributed by atoms with Crippen LogP contribution in [0, 0.1) is 11.8 Å². The molecule has 0 bridgehead atoms. The van der Waals surface area contributed by atoms with E-state index < -0.39 is 11.9 Å². The van der Waals surface area contributed by atoms with E-state index in [1.807, 2.05) is 37.3 Å². The highest BCUT2D eigenvalue weighted by molar-refractivity contribution is 5.91. The van der Waals surface area contributed by atoms with Gasteiger partial charge in [0.1, 0.15) is 0 Å². The number of amides is 1. The van der Waals surface area contributed by atoms with Gasteiger partial charge in [0, 0.05) is 13.1 Å². The van der Waals surface area contributed by atoms with Crippen LogP contribution in [0.2, 0.25) is 0 Å². The van der Waals surface area contributed by atoms with Gasteiger partial charge in [0.15, 0.2) is 0 Å². The van der Waals surface area contributed by atoms with Gasteiger partial charge in [0.2, 0.25) is 5.91 Å². The summed E-state index contributed by atoms with van der Waals surface area (Å²) in [5.74, 6) is -0.852. The van der Waals surface area contributed by atoms with Crippen LogP contribution in [0.3, 0.4) is 0 Å².